The molecule has 2 aliphatic heterocycles. The summed E-state index contributed by atoms with van der Waals surface area (Å²) in [6.45, 7) is 8.24. The summed E-state index contributed by atoms with van der Waals surface area (Å²) in [6.07, 6.45) is 6.20. The van der Waals surface area contributed by atoms with E-state index in [-0.39, 0.29) is 5.91 Å². The van der Waals surface area contributed by atoms with Crippen LogP contribution in [-0.2, 0) is 9.53 Å². The molecule has 0 bridgehead atoms. The molecule has 8 nitrogen and oxygen atoms in total. The molecular formula is C22H34N4O4. The Morgan fingerprint density at radius 3 is 2.33 bits per heavy atom. The topological polar surface area (TPSA) is 87.9 Å². The summed E-state index contributed by atoms with van der Waals surface area (Å²) in [4.78, 5) is 29.6. The Kier molecular flexibility index (Phi) is 6.73. The molecule has 0 radical (unpaired) electrons. The molecular weight excluding hydrogens is 384 g/mol. The smallest absolute Gasteiger partial charge is 0.256 e. The molecule has 2 saturated heterocycles. The molecule has 3 aliphatic rings. The van der Waals surface area contributed by atoms with Crippen molar-refractivity contribution < 1.29 is 18.8 Å². The highest BCUT2D eigenvalue weighted by Gasteiger charge is 2.37. The Balaban J connectivity index is 1.33. The second-order valence-electron chi connectivity index (χ2n) is 8.87. The number of hydrogen-bond acceptors (Lipinski definition) is 6. The van der Waals surface area contributed by atoms with E-state index in [1.807, 2.05) is 0 Å². The van der Waals surface area contributed by atoms with Crippen LogP contribution in [-0.4, -0.2) is 78.2 Å². The molecule has 8 heteroatoms. The summed E-state index contributed by atoms with van der Waals surface area (Å²) in [5.41, 5.74) is 1.17. The second kappa shape index (κ2) is 9.47. The van der Waals surface area contributed by atoms with Gasteiger partial charge in [0.1, 0.15) is 11.3 Å². The van der Waals surface area contributed by atoms with E-state index >= 15 is 0 Å². The average Bonchev–Trinajstić information content (AvgIpc) is 3.56. The number of aryl methyl sites for hydroxylation is 2. The van der Waals surface area contributed by atoms with Crippen LogP contribution in [0.3, 0.4) is 0 Å². The first-order valence-corrected chi connectivity index (χ1v) is 11.4. The van der Waals surface area contributed by atoms with Crippen molar-refractivity contribution in [2.75, 3.05) is 39.4 Å². The zero-order valence-corrected chi connectivity index (χ0v) is 18.2. The van der Waals surface area contributed by atoms with Crippen LogP contribution in [0.1, 0.15) is 60.3 Å². The third-order valence-corrected chi connectivity index (χ3v) is 6.75. The molecule has 166 valence electrons. The molecule has 1 aromatic rings. The molecule has 3 heterocycles. The largest absolute Gasteiger partial charge is 0.381 e. The standard InChI is InChI=1S/C22H34N4O4/c1-15-20(16(2)30-24-15)21(27)23-9-12-26(19-7-13-29-14-8-19)18-5-10-25(11-6-18)22(28)17-3-4-17/h17-19H,3-14H2,1-2H3,(H,23,27). The first kappa shape index (κ1) is 21.3. The Labute approximate surface area is 178 Å². The number of ether oxygens (including phenoxy) is 1. The maximum absolute atomic E-state index is 12.6. The van der Waals surface area contributed by atoms with E-state index in [2.05, 4.69) is 20.3 Å². The Bertz CT molecular complexity index is 727. The lowest BCUT2D eigenvalue weighted by atomic mass is 9.97. The molecule has 0 aromatic carbocycles. The molecule has 1 aromatic heterocycles. The van der Waals surface area contributed by atoms with Gasteiger partial charge in [-0.1, -0.05) is 5.16 Å². The zero-order chi connectivity index (χ0) is 21.1. The van der Waals surface area contributed by atoms with Gasteiger partial charge in [0, 0.05) is 57.4 Å². The van der Waals surface area contributed by atoms with Gasteiger partial charge in [-0.25, -0.2) is 0 Å². The van der Waals surface area contributed by atoms with Gasteiger partial charge in [0.2, 0.25) is 5.91 Å². The highest BCUT2D eigenvalue weighted by atomic mass is 16.5. The van der Waals surface area contributed by atoms with Crippen molar-refractivity contribution in [1.29, 1.82) is 0 Å². The Morgan fingerprint density at radius 2 is 1.73 bits per heavy atom. The van der Waals surface area contributed by atoms with E-state index in [4.69, 9.17) is 9.26 Å². The van der Waals surface area contributed by atoms with Crippen molar-refractivity contribution in [2.45, 2.75) is 64.5 Å². The van der Waals surface area contributed by atoms with Crippen LogP contribution >= 0.6 is 0 Å². The van der Waals surface area contributed by atoms with Crippen LogP contribution in [0.25, 0.3) is 0 Å². The van der Waals surface area contributed by atoms with Crippen LogP contribution < -0.4 is 5.32 Å². The predicted octanol–water partition coefficient (Wildman–Crippen LogP) is 1.90. The van der Waals surface area contributed by atoms with Gasteiger partial charge in [-0.05, 0) is 52.4 Å². The fraction of sp³-hybridized carbons (Fsp3) is 0.773. The zero-order valence-electron chi connectivity index (χ0n) is 18.2. The predicted molar refractivity (Wildman–Crippen MR) is 111 cm³/mol. The maximum Gasteiger partial charge on any atom is 0.256 e. The normalized spacial score (nSPS) is 21.2. The molecule has 1 saturated carbocycles. The van der Waals surface area contributed by atoms with E-state index in [1.165, 1.54) is 0 Å². The number of carbonyl (C=O) groups excluding carboxylic acids is 2. The van der Waals surface area contributed by atoms with Crippen molar-refractivity contribution in [3.05, 3.63) is 17.0 Å². The van der Waals surface area contributed by atoms with Gasteiger partial charge >= 0.3 is 0 Å². The van der Waals surface area contributed by atoms with Gasteiger partial charge in [-0.15, -0.1) is 0 Å². The van der Waals surface area contributed by atoms with Crippen LogP contribution in [0.2, 0.25) is 0 Å². The molecule has 1 N–H and O–H groups in total. The molecule has 30 heavy (non-hydrogen) atoms. The van der Waals surface area contributed by atoms with Crippen molar-refractivity contribution in [3.8, 4) is 0 Å². The third kappa shape index (κ3) is 4.86. The minimum absolute atomic E-state index is 0.122. The fourth-order valence-electron chi connectivity index (χ4n) is 4.88. The van der Waals surface area contributed by atoms with E-state index in [1.54, 1.807) is 13.8 Å². The number of nitrogens with one attached hydrogen (secondary N) is 1. The molecule has 0 atom stereocenters. The van der Waals surface area contributed by atoms with Gasteiger partial charge in [-0.2, -0.15) is 0 Å². The lowest BCUT2D eigenvalue weighted by Gasteiger charge is -2.43. The number of likely N-dealkylation sites (tertiary alicyclic amines) is 1. The van der Waals surface area contributed by atoms with Crippen LogP contribution in [0.4, 0.5) is 0 Å². The number of hydrogen-bond donors (Lipinski definition) is 1. The molecule has 1 aliphatic carbocycles. The summed E-state index contributed by atoms with van der Waals surface area (Å²) in [5.74, 6) is 1.09. The molecule has 2 amide bonds. The van der Waals surface area contributed by atoms with Crippen LogP contribution in [0.5, 0.6) is 0 Å². The quantitative estimate of drug-likeness (QED) is 0.728. The van der Waals surface area contributed by atoms with Crippen LogP contribution in [0.15, 0.2) is 4.52 Å². The number of carbonyl (C=O) groups is 2. The van der Waals surface area contributed by atoms with Gasteiger partial charge < -0.3 is 19.5 Å². The highest BCUT2D eigenvalue weighted by Crippen LogP contribution is 2.32. The average molecular weight is 419 g/mol. The van der Waals surface area contributed by atoms with Crippen molar-refractivity contribution in [2.24, 2.45) is 5.92 Å². The summed E-state index contributed by atoms with van der Waals surface area (Å²) < 4.78 is 10.7. The number of amides is 2. The van der Waals surface area contributed by atoms with E-state index in [0.29, 0.717) is 47.5 Å². The first-order chi connectivity index (χ1) is 14.5. The SMILES string of the molecule is Cc1noc(C)c1C(=O)NCCN(C1CCOCC1)C1CCN(C(=O)C2CC2)CC1. The number of aromatic nitrogens is 1. The van der Waals surface area contributed by atoms with E-state index in [9.17, 15) is 9.59 Å². The maximum atomic E-state index is 12.6. The summed E-state index contributed by atoms with van der Waals surface area (Å²) >= 11 is 0. The number of nitrogens with zero attached hydrogens (tertiary/aromatic N) is 3. The third-order valence-electron chi connectivity index (χ3n) is 6.75. The lowest BCUT2D eigenvalue weighted by Crippen LogP contribution is -2.53. The molecule has 4 rings (SSSR count). The van der Waals surface area contributed by atoms with Gasteiger partial charge in [0.05, 0.1) is 5.69 Å². The fourth-order valence-corrected chi connectivity index (χ4v) is 4.88. The number of piperidine rings is 1. The minimum Gasteiger partial charge on any atom is -0.381 e. The van der Waals surface area contributed by atoms with E-state index < -0.39 is 0 Å². The lowest BCUT2D eigenvalue weighted by molar-refractivity contribution is -0.134. The summed E-state index contributed by atoms with van der Waals surface area (Å²) in [7, 11) is 0. The van der Waals surface area contributed by atoms with Crippen molar-refractivity contribution in [3.63, 3.8) is 0 Å². The molecule has 0 unspecified atom stereocenters. The molecule has 3 fully saturated rings. The van der Waals surface area contributed by atoms with Gasteiger partial charge in [-0.3, -0.25) is 14.5 Å². The molecule has 0 spiro atoms. The highest BCUT2D eigenvalue weighted by molar-refractivity contribution is 5.96. The Hall–Kier alpha value is -1.93. The Morgan fingerprint density at radius 1 is 1.07 bits per heavy atom. The monoisotopic (exact) mass is 418 g/mol. The van der Waals surface area contributed by atoms with E-state index in [0.717, 1.165) is 71.4 Å². The van der Waals surface area contributed by atoms with Gasteiger partial charge in [0.15, 0.2) is 0 Å². The first-order valence-electron chi connectivity index (χ1n) is 11.4. The second-order valence-corrected chi connectivity index (χ2v) is 8.87. The van der Waals surface area contributed by atoms with Gasteiger partial charge in [0.25, 0.3) is 5.91 Å². The number of rotatable bonds is 7. The summed E-state index contributed by atoms with van der Waals surface area (Å²) in [5, 5.41) is 6.92. The van der Waals surface area contributed by atoms with Crippen molar-refractivity contribution in [1.82, 2.24) is 20.3 Å². The van der Waals surface area contributed by atoms with Crippen molar-refractivity contribution >= 4 is 11.8 Å². The van der Waals surface area contributed by atoms with Crippen LogP contribution in [0, 0.1) is 19.8 Å². The summed E-state index contributed by atoms with van der Waals surface area (Å²) in [6, 6.07) is 0.928. The minimum atomic E-state index is -0.122.